The first-order valence-corrected chi connectivity index (χ1v) is 5.42. The molecule has 0 aromatic carbocycles. The molecule has 3 nitrogen and oxygen atoms in total. The summed E-state index contributed by atoms with van der Waals surface area (Å²) in [6.07, 6.45) is 0. The average molecular weight is 285 g/mol. The topological polar surface area (TPSA) is 63.3 Å². The summed E-state index contributed by atoms with van der Waals surface area (Å²) in [6, 6.07) is 1.69. The zero-order valence-electron chi connectivity index (χ0n) is 6.46. The molecule has 0 aliphatic rings. The van der Waals surface area contributed by atoms with Crippen molar-refractivity contribution in [2.75, 3.05) is 6.54 Å². The smallest absolute Gasteiger partial charge is 0.313 e. The van der Waals surface area contributed by atoms with E-state index in [1.54, 1.807) is 6.07 Å². The molecule has 1 aromatic rings. The van der Waals surface area contributed by atoms with Crippen LogP contribution in [0.25, 0.3) is 0 Å². The van der Waals surface area contributed by atoms with Crippen molar-refractivity contribution in [2.45, 2.75) is 5.92 Å². The van der Waals surface area contributed by atoms with Crippen molar-refractivity contribution in [3.8, 4) is 0 Å². The molecule has 1 aromatic heterocycles. The van der Waals surface area contributed by atoms with Gasteiger partial charge in [-0.3, -0.25) is 4.79 Å². The number of hydrogen-bond donors (Lipinski definition) is 2. The molecule has 0 aliphatic carbocycles. The third kappa shape index (κ3) is 2.43. The lowest BCUT2D eigenvalue weighted by Crippen LogP contribution is -2.19. The quantitative estimate of drug-likeness (QED) is 0.895. The van der Waals surface area contributed by atoms with E-state index in [4.69, 9.17) is 22.4 Å². The van der Waals surface area contributed by atoms with Gasteiger partial charge in [0, 0.05) is 15.9 Å². The maximum absolute atomic E-state index is 10.7. The highest BCUT2D eigenvalue weighted by Crippen LogP contribution is 2.35. The van der Waals surface area contributed by atoms with E-state index in [0.717, 1.165) is 0 Å². The molecular weight excluding hydrogens is 278 g/mol. The zero-order chi connectivity index (χ0) is 10.0. The molecule has 1 rings (SSSR count). The Morgan fingerprint density at radius 2 is 2.46 bits per heavy atom. The lowest BCUT2D eigenvalue weighted by molar-refractivity contribution is -0.138. The molecule has 1 unspecified atom stereocenters. The number of carboxylic acid groups (broad SMARTS) is 1. The Hall–Kier alpha value is -0.100. The van der Waals surface area contributed by atoms with Crippen LogP contribution < -0.4 is 5.73 Å². The summed E-state index contributed by atoms with van der Waals surface area (Å²) >= 11 is 10.2. The summed E-state index contributed by atoms with van der Waals surface area (Å²) < 4.78 is 1.27. The largest absolute Gasteiger partial charge is 0.481 e. The second-order valence-corrected chi connectivity index (χ2v) is 4.94. The van der Waals surface area contributed by atoms with Gasteiger partial charge in [0.15, 0.2) is 0 Å². The van der Waals surface area contributed by atoms with Crippen LogP contribution in [0.3, 0.4) is 0 Å². The number of nitrogens with two attached hydrogens (primary N) is 1. The first-order chi connectivity index (χ1) is 6.06. The Morgan fingerprint density at radius 1 is 1.85 bits per heavy atom. The van der Waals surface area contributed by atoms with Gasteiger partial charge in [-0.2, -0.15) is 0 Å². The van der Waals surface area contributed by atoms with Gasteiger partial charge in [-0.05, 0) is 22.0 Å². The monoisotopic (exact) mass is 283 g/mol. The van der Waals surface area contributed by atoms with Crippen LogP contribution in [0.2, 0.25) is 4.34 Å². The fourth-order valence-corrected chi connectivity index (χ4v) is 2.72. The Bertz CT molecular complexity index is 309. The number of aliphatic carboxylic acids is 1. The summed E-state index contributed by atoms with van der Waals surface area (Å²) in [5.74, 6) is -1.58. The number of hydrogen-bond acceptors (Lipinski definition) is 3. The maximum Gasteiger partial charge on any atom is 0.313 e. The Kier molecular flexibility index (Phi) is 3.73. The lowest BCUT2D eigenvalue weighted by Gasteiger charge is -2.05. The van der Waals surface area contributed by atoms with Gasteiger partial charge in [-0.1, -0.05) is 11.6 Å². The molecule has 0 fully saturated rings. The summed E-state index contributed by atoms with van der Waals surface area (Å²) in [5.41, 5.74) is 5.33. The SMILES string of the molecule is NCC(C(=O)O)c1cc(Br)c(Cl)s1. The van der Waals surface area contributed by atoms with E-state index in [1.807, 2.05) is 0 Å². The molecule has 0 spiro atoms. The van der Waals surface area contributed by atoms with E-state index in [9.17, 15) is 4.79 Å². The van der Waals surface area contributed by atoms with Crippen molar-refractivity contribution < 1.29 is 9.90 Å². The Balaban J connectivity index is 2.98. The molecule has 0 saturated heterocycles. The molecule has 72 valence electrons. The molecule has 6 heteroatoms. The number of carboxylic acids is 1. The fraction of sp³-hybridized carbons (Fsp3) is 0.286. The van der Waals surface area contributed by atoms with Gasteiger partial charge in [0.25, 0.3) is 0 Å². The van der Waals surface area contributed by atoms with E-state index in [2.05, 4.69) is 15.9 Å². The summed E-state index contributed by atoms with van der Waals surface area (Å²) in [4.78, 5) is 11.4. The second kappa shape index (κ2) is 4.41. The lowest BCUT2D eigenvalue weighted by atomic mass is 10.1. The highest BCUT2D eigenvalue weighted by atomic mass is 79.9. The first kappa shape index (κ1) is 11.0. The Labute approximate surface area is 92.6 Å². The normalized spacial score (nSPS) is 12.8. The minimum Gasteiger partial charge on any atom is -0.481 e. The zero-order valence-corrected chi connectivity index (χ0v) is 9.62. The average Bonchev–Trinajstić information content (AvgIpc) is 2.32. The fourth-order valence-electron chi connectivity index (χ4n) is 0.874. The van der Waals surface area contributed by atoms with E-state index in [1.165, 1.54) is 11.3 Å². The third-order valence-corrected chi connectivity index (χ3v) is 4.13. The van der Waals surface area contributed by atoms with Crippen LogP contribution in [0.15, 0.2) is 10.5 Å². The molecule has 3 N–H and O–H groups in total. The standard InChI is InChI=1S/C7H7BrClNO2S/c8-4-1-5(13-6(4)9)3(2-10)7(11)12/h1,3H,2,10H2,(H,11,12). The summed E-state index contributed by atoms with van der Waals surface area (Å²) in [6.45, 7) is 0.0820. The molecule has 1 atom stereocenters. The minimum atomic E-state index is -0.923. The molecule has 0 aliphatic heterocycles. The molecule has 1 heterocycles. The van der Waals surface area contributed by atoms with Crippen LogP contribution in [0.5, 0.6) is 0 Å². The van der Waals surface area contributed by atoms with Crippen molar-refractivity contribution in [2.24, 2.45) is 5.73 Å². The van der Waals surface area contributed by atoms with Crippen LogP contribution in [0.1, 0.15) is 10.8 Å². The highest BCUT2D eigenvalue weighted by Gasteiger charge is 2.21. The summed E-state index contributed by atoms with van der Waals surface area (Å²) in [7, 11) is 0. The van der Waals surface area contributed by atoms with Crippen LogP contribution in [0.4, 0.5) is 0 Å². The van der Waals surface area contributed by atoms with Gasteiger partial charge in [0.1, 0.15) is 10.3 Å². The van der Waals surface area contributed by atoms with Crippen LogP contribution in [-0.2, 0) is 4.79 Å². The van der Waals surface area contributed by atoms with Gasteiger partial charge >= 0.3 is 5.97 Å². The van der Waals surface area contributed by atoms with Gasteiger partial charge < -0.3 is 10.8 Å². The number of halogens is 2. The maximum atomic E-state index is 10.7. The van der Waals surface area contributed by atoms with Crippen molar-refractivity contribution in [1.29, 1.82) is 0 Å². The first-order valence-electron chi connectivity index (χ1n) is 3.44. The number of carbonyl (C=O) groups is 1. The van der Waals surface area contributed by atoms with Crippen LogP contribution in [0, 0.1) is 0 Å². The van der Waals surface area contributed by atoms with Gasteiger partial charge in [-0.25, -0.2) is 0 Å². The second-order valence-electron chi connectivity index (χ2n) is 2.40. The minimum absolute atomic E-state index is 0.0820. The molecular formula is C7H7BrClNO2S. The molecule has 0 bridgehead atoms. The van der Waals surface area contributed by atoms with Crippen LogP contribution in [-0.4, -0.2) is 17.6 Å². The predicted molar refractivity (Wildman–Crippen MR) is 56.5 cm³/mol. The van der Waals surface area contributed by atoms with Crippen LogP contribution >= 0.6 is 38.9 Å². The van der Waals surface area contributed by atoms with Gasteiger partial charge in [0.05, 0.1) is 0 Å². The van der Waals surface area contributed by atoms with Crippen molar-refractivity contribution in [1.82, 2.24) is 0 Å². The van der Waals surface area contributed by atoms with E-state index in [-0.39, 0.29) is 6.54 Å². The number of thiophene rings is 1. The van der Waals surface area contributed by atoms with Gasteiger partial charge in [0.2, 0.25) is 0 Å². The number of rotatable bonds is 3. The Morgan fingerprint density at radius 3 is 2.77 bits per heavy atom. The van der Waals surface area contributed by atoms with E-state index in [0.29, 0.717) is 13.7 Å². The molecule has 0 amide bonds. The van der Waals surface area contributed by atoms with E-state index >= 15 is 0 Å². The highest BCUT2D eigenvalue weighted by molar-refractivity contribution is 9.10. The third-order valence-electron chi connectivity index (χ3n) is 1.54. The van der Waals surface area contributed by atoms with E-state index < -0.39 is 11.9 Å². The summed E-state index contributed by atoms with van der Waals surface area (Å²) in [5, 5.41) is 8.80. The molecule has 0 radical (unpaired) electrons. The molecule has 13 heavy (non-hydrogen) atoms. The van der Waals surface area contributed by atoms with Crippen molar-refractivity contribution >= 4 is 44.8 Å². The predicted octanol–water partition coefficient (Wildman–Crippen LogP) is 2.29. The van der Waals surface area contributed by atoms with Crippen molar-refractivity contribution in [3.05, 3.63) is 19.8 Å². The van der Waals surface area contributed by atoms with Crippen molar-refractivity contribution in [3.63, 3.8) is 0 Å². The molecule has 0 saturated carbocycles. The van der Waals surface area contributed by atoms with Gasteiger partial charge in [-0.15, -0.1) is 11.3 Å².